The van der Waals surface area contributed by atoms with Gasteiger partial charge >= 0.3 is 0 Å². The molecule has 0 saturated heterocycles. The lowest BCUT2D eigenvalue weighted by Crippen LogP contribution is -1.90. The molecule has 5 aromatic carbocycles. The summed E-state index contributed by atoms with van der Waals surface area (Å²) in [6, 6.07) is 40.8. The summed E-state index contributed by atoms with van der Waals surface area (Å²) in [7, 11) is 0. The van der Waals surface area contributed by atoms with Gasteiger partial charge in [-0.1, -0.05) is 97.1 Å². The first-order chi connectivity index (χ1) is 15.8. The van der Waals surface area contributed by atoms with E-state index in [-0.39, 0.29) is 0 Å². The molecule has 6 rings (SSSR count). The van der Waals surface area contributed by atoms with E-state index >= 15 is 0 Å². The van der Waals surface area contributed by atoms with Gasteiger partial charge in [-0.15, -0.1) is 11.3 Å². The molecular formula is C30H21NS. The lowest BCUT2D eigenvalue weighted by molar-refractivity contribution is 1.57. The SMILES string of the molecule is Nc1ccc(-c2ccccc2)c(-c2ccc(-c3cccc4c3sc3ccccc34)cc2)c1. The predicted molar refractivity (Wildman–Crippen MR) is 140 cm³/mol. The first-order valence-corrected chi connectivity index (χ1v) is 11.6. The largest absolute Gasteiger partial charge is 0.399 e. The minimum Gasteiger partial charge on any atom is -0.399 e. The highest BCUT2D eigenvalue weighted by Crippen LogP contribution is 2.40. The third-order valence-corrected chi connectivity index (χ3v) is 7.26. The summed E-state index contributed by atoms with van der Waals surface area (Å²) in [5, 5.41) is 2.66. The Morgan fingerprint density at radius 1 is 0.469 bits per heavy atom. The van der Waals surface area contributed by atoms with Crippen molar-refractivity contribution in [1.29, 1.82) is 0 Å². The van der Waals surface area contributed by atoms with Crippen LogP contribution in [-0.4, -0.2) is 0 Å². The highest BCUT2D eigenvalue weighted by Gasteiger charge is 2.12. The maximum atomic E-state index is 6.16. The number of thiophene rings is 1. The Hall–Kier alpha value is -3.88. The third-order valence-electron chi connectivity index (χ3n) is 6.04. The summed E-state index contributed by atoms with van der Waals surface area (Å²) in [5.41, 5.74) is 14.2. The number of anilines is 1. The van der Waals surface area contributed by atoms with Gasteiger partial charge in [0.15, 0.2) is 0 Å². The summed E-state index contributed by atoms with van der Waals surface area (Å²) in [6.45, 7) is 0. The van der Waals surface area contributed by atoms with Crippen molar-refractivity contribution >= 4 is 37.2 Å². The zero-order valence-electron chi connectivity index (χ0n) is 17.5. The zero-order chi connectivity index (χ0) is 21.5. The smallest absolute Gasteiger partial charge is 0.0433 e. The lowest BCUT2D eigenvalue weighted by Gasteiger charge is -2.12. The van der Waals surface area contributed by atoms with Gasteiger partial charge in [-0.2, -0.15) is 0 Å². The Balaban J connectivity index is 1.47. The molecule has 1 heterocycles. The number of nitrogens with two attached hydrogens (primary N) is 1. The topological polar surface area (TPSA) is 26.0 Å². The second kappa shape index (κ2) is 7.67. The average molecular weight is 428 g/mol. The molecule has 6 aromatic rings. The van der Waals surface area contributed by atoms with Crippen LogP contribution >= 0.6 is 11.3 Å². The van der Waals surface area contributed by atoms with Crippen molar-refractivity contribution in [3.05, 3.63) is 115 Å². The maximum absolute atomic E-state index is 6.16. The Morgan fingerprint density at radius 3 is 1.94 bits per heavy atom. The Labute approximate surface area is 191 Å². The van der Waals surface area contributed by atoms with Crippen LogP contribution in [0.25, 0.3) is 53.6 Å². The second-order valence-electron chi connectivity index (χ2n) is 8.03. The van der Waals surface area contributed by atoms with E-state index in [0.29, 0.717) is 0 Å². The highest BCUT2D eigenvalue weighted by atomic mass is 32.1. The molecular weight excluding hydrogens is 406 g/mol. The maximum Gasteiger partial charge on any atom is 0.0433 e. The number of hydrogen-bond donors (Lipinski definition) is 1. The molecule has 0 radical (unpaired) electrons. The Bertz CT molecular complexity index is 1560. The number of nitrogen functional groups attached to an aromatic ring is 1. The van der Waals surface area contributed by atoms with E-state index in [1.54, 1.807) is 0 Å². The normalized spacial score (nSPS) is 11.2. The number of benzene rings is 5. The molecule has 32 heavy (non-hydrogen) atoms. The van der Waals surface area contributed by atoms with E-state index < -0.39 is 0 Å². The van der Waals surface area contributed by atoms with Gasteiger partial charge in [0.05, 0.1) is 0 Å². The summed E-state index contributed by atoms with van der Waals surface area (Å²) in [4.78, 5) is 0. The molecule has 1 aromatic heterocycles. The summed E-state index contributed by atoms with van der Waals surface area (Å²) in [6.07, 6.45) is 0. The molecule has 0 aliphatic heterocycles. The van der Waals surface area contributed by atoms with Crippen LogP contribution < -0.4 is 5.73 Å². The predicted octanol–water partition coefficient (Wildman–Crippen LogP) is 8.64. The standard InChI is InChI=1S/C30H21NS/c31-23-17-18-24(20-7-2-1-3-8-20)28(19-23)22-15-13-21(14-16-22)25-10-6-11-27-26-9-4-5-12-29(26)32-30(25)27/h1-19H,31H2. The quantitative estimate of drug-likeness (QED) is 0.281. The molecule has 2 N–H and O–H groups in total. The van der Waals surface area contributed by atoms with Crippen LogP contribution in [0.5, 0.6) is 0 Å². The second-order valence-corrected chi connectivity index (χ2v) is 9.08. The van der Waals surface area contributed by atoms with Crippen LogP contribution in [0.15, 0.2) is 115 Å². The first kappa shape index (κ1) is 18.9. The van der Waals surface area contributed by atoms with Crippen LogP contribution in [0.1, 0.15) is 0 Å². The summed E-state index contributed by atoms with van der Waals surface area (Å²) >= 11 is 1.87. The molecule has 0 atom stereocenters. The monoisotopic (exact) mass is 427 g/mol. The fourth-order valence-electron chi connectivity index (χ4n) is 4.47. The van der Waals surface area contributed by atoms with Gasteiger partial charge in [0, 0.05) is 25.9 Å². The molecule has 0 bridgehead atoms. The van der Waals surface area contributed by atoms with Crippen LogP contribution in [0.2, 0.25) is 0 Å². The lowest BCUT2D eigenvalue weighted by atomic mass is 9.93. The van der Waals surface area contributed by atoms with Gasteiger partial charge in [0.25, 0.3) is 0 Å². The number of hydrogen-bond acceptors (Lipinski definition) is 2. The van der Waals surface area contributed by atoms with Gasteiger partial charge in [-0.05, 0) is 51.6 Å². The van der Waals surface area contributed by atoms with Gasteiger partial charge in [0.1, 0.15) is 0 Å². The first-order valence-electron chi connectivity index (χ1n) is 10.7. The van der Waals surface area contributed by atoms with E-state index in [9.17, 15) is 0 Å². The molecule has 0 amide bonds. The van der Waals surface area contributed by atoms with Crippen LogP contribution in [-0.2, 0) is 0 Å². The highest BCUT2D eigenvalue weighted by molar-refractivity contribution is 7.26. The molecule has 0 unspecified atom stereocenters. The van der Waals surface area contributed by atoms with E-state index in [0.717, 1.165) is 11.3 Å². The van der Waals surface area contributed by atoms with E-state index in [2.05, 4.69) is 103 Å². The van der Waals surface area contributed by atoms with Gasteiger partial charge in [-0.3, -0.25) is 0 Å². The Morgan fingerprint density at radius 2 is 1.12 bits per heavy atom. The molecule has 2 heteroatoms. The molecule has 1 nitrogen and oxygen atoms in total. The summed E-state index contributed by atoms with van der Waals surface area (Å²) < 4.78 is 2.68. The average Bonchev–Trinajstić information content (AvgIpc) is 3.24. The number of fused-ring (bicyclic) bond motifs is 3. The molecule has 0 saturated carbocycles. The molecule has 0 fully saturated rings. The molecule has 0 spiro atoms. The fourth-order valence-corrected chi connectivity index (χ4v) is 5.71. The van der Waals surface area contributed by atoms with Crippen molar-refractivity contribution in [2.75, 3.05) is 5.73 Å². The minimum atomic E-state index is 0.777. The molecule has 0 aliphatic carbocycles. The Kier molecular flexibility index (Phi) is 4.52. The fraction of sp³-hybridized carbons (Fsp3) is 0. The van der Waals surface area contributed by atoms with Gasteiger partial charge < -0.3 is 5.73 Å². The number of rotatable bonds is 3. The van der Waals surface area contributed by atoms with Crippen LogP contribution in [0.4, 0.5) is 5.69 Å². The van der Waals surface area contributed by atoms with E-state index in [1.165, 1.54) is 48.0 Å². The van der Waals surface area contributed by atoms with Crippen molar-refractivity contribution < 1.29 is 0 Å². The van der Waals surface area contributed by atoms with Crippen molar-refractivity contribution in [2.24, 2.45) is 0 Å². The van der Waals surface area contributed by atoms with Crippen LogP contribution in [0, 0.1) is 0 Å². The third kappa shape index (κ3) is 3.17. The van der Waals surface area contributed by atoms with Crippen LogP contribution in [0.3, 0.4) is 0 Å². The summed E-state index contributed by atoms with van der Waals surface area (Å²) in [5.74, 6) is 0. The minimum absolute atomic E-state index is 0.777. The molecule has 0 aliphatic rings. The van der Waals surface area contributed by atoms with Gasteiger partial charge in [-0.25, -0.2) is 0 Å². The van der Waals surface area contributed by atoms with Crippen molar-refractivity contribution in [3.63, 3.8) is 0 Å². The van der Waals surface area contributed by atoms with Crippen molar-refractivity contribution in [3.8, 4) is 33.4 Å². The van der Waals surface area contributed by atoms with E-state index in [4.69, 9.17) is 5.73 Å². The van der Waals surface area contributed by atoms with Crippen molar-refractivity contribution in [2.45, 2.75) is 0 Å². The zero-order valence-corrected chi connectivity index (χ0v) is 18.3. The van der Waals surface area contributed by atoms with Crippen molar-refractivity contribution in [1.82, 2.24) is 0 Å². The molecule has 152 valence electrons. The van der Waals surface area contributed by atoms with Gasteiger partial charge in [0.2, 0.25) is 0 Å². The van der Waals surface area contributed by atoms with E-state index in [1.807, 2.05) is 23.5 Å².